The van der Waals surface area contributed by atoms with Crippen LogP contribution in [0.4, 0.5) is 5.69 Å². The van der Waals surface area contributed by atoms with Gasteiger partial charge in [0.05, 0.1) is 6.54 Å². The maximum absolute atomic E-state index is 12.5. The summed E-state index contributed by atoms with van der Waals surface area (Å²) in [6, 6.07) is 7.24. The molecule has 0 unspecified atom stereocenters. The number of rotatable bonds is 5. The molecule has 2 amide bonds. The number of ether oxygens (including phenoxy) is 1. The van der Waals surface area contributed by atoms with Gasteiger partial charge in [0.15, 0.2) is 0 Å². The Morgan fingerprint density at radius 3 is 2.38 bits per heavy atom. The highest BCUT2D eigenvalue weighted by Gasteiger charge is 2.27. The molecule has 0 spiro atoms. The van der Waals surface area contributed by atoms with Gasteiger partial charge < -0.3 is 21.1 Å². The van der Waals surface area contributed by atoms with E-state index in [0.29, 0.717) is 38.3 Å². The van der Waals surface area contributed by atoms with E-state index in [9.17, 15) is 9.59 Å². The minimum atomic E-state index is -0.508. The number of anilines is 1. The summed E-state index contributed by atoms with van der Waals surface area (Å²) in [5, 5.41) is 0. The molecule has 1 heterocycles. The number of carbonyl (C=O) groups excluding carboxylic acids is 2. The minimum Gasteiger partial charge on any atom is -0.399 e. The number of hydrogen-bond donors (Lipinski definition) is 2. The molecule has 0 radical (unpaired) electrons. The first-order chi connectivity index (χ1) is 10.1. The molecule has 6 nitrogen and oxygen atoms in total. The van der Waals surface area contributed by atoms with Crippen LogP contribution < -0.4 is 11.5 Å². The molecule has 2 rings (SSSR count). The minimum absolute atomic E-state index is 0.0334. The maximum Gasteiger partial charge on any atom is 0.237 e. The summed E-state index contributed by atoms with van der Waals surface area (Å²) < 4.78 is 5.27. The quantitative estimate of drug-likeness (QED) is 0.772. The zero-order valence-electron chi connectivity index (χ0n) is 12.0. The molecular formula is C15H21N3O3. The fraction of sp³-hybridized carbons (Fsp3) is 0.467. The second-order valence-electron chi connectivity index (χ2n) is 5.29. The van der Waals surface area contributed by atoms with Gasteiger partial charge in [-0.1, -0.05) is 12.1 Å². The highest BCUT2D eigenvalue weighted by atomic mass is 16.5. The third-order valence-corrected chi connectivity index (χ3v) is 3.58. The number of benzene rings is 1. The molecule has 1 fully saturated rings. The van der Waals surface area contributed by atoms with E-state index < -0.39 is 5.91 Å². The van der Waals surface area contributed by atoms with E-state index in [4.69, 9.17) is 16.2 Å². The number of hydrogen-bond acceptors (Lipinski definition) is 4. The van der Waals surface area contributed by atoms with Gasteiger partial charge in [0, 0.05) is 31.4 Å². The summed E-state index contributed by atoms with van der Waals surface area (Å²) in [4.78, 5) is 25.3. The van der Waals surface area contributed by atoms with E-state index in [1.54, 1.807) is 12.1 Å². The van der Waals surface area contributed by atoms with Crippen molar-refractivity contribution in [3.63, 3.8) is 0 Å². The second kappa shape index (κ2) is 7.08. The van der Waals surface area contributed by atoms with Crippen molar-refractivity contribution in [2.75, 3.05) is 25.5 Å². The van der Waals surface area contributed by atoms with Crippen molar-refractivity contribution in [2.45, 2.75) is 19.4 Å². The lowest BCUT2D eigenvalue weighted by atomic mass is 9.98. The molecule has 114 valence electrons. The van der Waals surface area contributed by atoms with Gasteiger partial charge in [-0.25, -0.2) is 0 Å². The molecule has 0 atom stereocenters. The Bertz CT molecular complexity index is 495. The van der Waals surface area contributed by atoms with E-state index in [2.05, 4.69) is 0 Å². The van der Waals surface area contributed by atoms with Gasteiger partial charge in [0.25, 0.3) is 0 Å². The van der Waals surface area contributed by atoms with Gasteiger partial charge in [0.2, 0.25) is 11.8 Å². The number of nitrogen functional groups attached to an aromatic ring is 1. The highest BCUT2D eigenvalue weighted by molar-refractivity contribution is 5.85. The summed E-state index contributed by atoms with van der Waals surface area (Å²) in [7, 11) is 0. The molecule has 1 aromatic rings. The van der Waals surface area contributed by atoms with Crippen LogP contribution in [0, 0.1) is 5.92 Å². The zero-order chi connectivity index (χ0) is 15.2. The van der Waals surface area contributed by atoms with Crippen molar-refractivity contribution in [2.24, 2.45) is 11.7 Å². The molecule has 6 heteroatoms. The first kappa shape index (κ1) is 15.3. The standard InChI is InChI=1S/C15H21N3O3/c16-13-3-1-11(2-4-13)9-18(10-14(17)19)15(20)12-5-7-21-8-6-12/h1-4,12H,5-10,16H2,(H2,17,19). The molecule has 0 aromatic heterocycles. The molecular weight excluding hydrogens is 270 g/mol. The zero-order valence-corrected chi connectivity index (χ0v) is 12.0. The van der Waals surface area contributed by atoms with Gasteiger partial charge in [-0.15, -0.1) is 0 Å². The number of carbonyl (C=O) groups is 2. The molecule has 1 saturated heterocycles. The summed E-state index contributed by atoms with van der Waals surface area (Å²) in [5.74, 6) is -0.633. The predicted octanol–water partition coefficient (Wildman–Crippen LogP) is 0.509. The second-order valence-corrected chi connectivity index (χ2v) is 5.29. The van der Waals surface area contributed by atoms with Gasteiger partial charge >= 0.3 is 0 Å². The Labute approximate surface area is 124 Å². The van der Waals surface area contributed by atoms with Crippen molar-refractivity contribution >= 4 is 17.5 Å². The molecule has 1 aromatic carbocycles. The smallest absolute Gasteiger partial charge is 0.237 e. The van der Waals surface area contributed by atoms with E-state index >= 15 is 0 Å². The Hall–Kier alpha value is -2.08. The molecule has 0 bridgehead atoms. The SMILES string of the molecule is NC(=O)CN(Cc1ccc(N)cc1)C(=O)C1CCOCC1. The number of nitrogens with two attached hydrogens (primary N) is 2. The number of nitrogens with zero attached hydrogens (tertiary/aromatic N) is 1. The first-order valence-electron chi connectivity index (χ1n) is 7.05. The van der Waals surface area contributed by atoms with Crippen LogP contribution in [0.25, 0.3) is 0 Å². The molecule has 1 aliphatic rings. The van der Waals surface area contributed by atoms with Crippen LogP contribution in [-0.4, -0.2) is 36.5 Å². The number of primary amides is 1. The molecule has 0 aliphatic carbocycles. The summed E-state index contributed by atoms with van der Waals surface area (Å²) in [6.45, 7) is 1.46. The average Bonchev–Trinajstić information content (AvgIpc) is 2.48. The lowest BCUT2D eigenvalue weighted by molar-refractivity contribution is -0.142. The van der Waals surface area contributed by atoms with Crippen LogP contribution in [0.5, 0.6) is 0 Å². The van der Waals surface area contributed by atoms with Crippen molar-refractivity contribution < 1.29 is 14.3 Å². The number of amides is 2. The van der Waals surface area contributed by atoms with Gasteiger partial charge in [-0.2, -0.15) is 0 Å². The molecule has 1 aliphatic heterocycles. The van der Waals surface area contributed by atoms with Gasteiger partial charge in [-0.3, -0.25) is 9.59 Å². The topological polar surface area (TPSA) is 98.7 Å². The van der Waals surface area contributed by atoms with Crippen LogP contribution in [0.1, 0.15) is 18.4 Å². The van der Waals surface area contributed by atoms with Crippen LogP contribution in [0.2, 0.25) is 0 Å². The summed E-state index contributed by atoms with van der Waals surface area (Å²) in [6.07, 6.45) is 1.38. The van der Waals surface area contributed by atoms with Crippen LogP contribution in [0.3, 0.4) is 0 Å². The van der Waals surface area contributed by atoms with Crippen molar-refractivity contribution in [3.05, 3.63) is 29.8 Å². The van der Waals surface area contributed by atoms with Crippen LogP contribution in [0.15, 0.2) is 24.3 Å². The van der Waals surface area contributed by atoms with E-state index in [-0.39, 0.29) is 18.4 Å². The van der Waals surface area contributed by atoms with E-state index in [1.165, 1.54) is 4.90 Å². The van der Waals surface area contributed by atoms with Crippen molar-refractivity contribution in [1.29, 1.82) is 0 Å². The summed E-state index contributed by atoms with van der Waals surface area (Å²) >= 11 is 0. The monoisotopic (exact) mass is 291 g/mol. The Balaban J connectivity index is 2.07. The fourth-order valence-corrected chi connectivity index (χ4v) is 2.45. The van der Waals surface area contributed by atoms with E-state index in [0.717, 1.165) is 5.56 Å². The maximum atomic E-state index is 12.5. The fourth-order valence-electron chi connectivity index (χ4n) is 2.45. The van der Waals surface area contributed by atoms with Crippen molar-refractivity contribution in [1.82, 2.24) is 4.90 Å². The Morgan fingerprint density at radius 2 is 1.81 bits per heavy atom. The van der Waals surface area contributed by atoms with Crippen molar-refractivity contribution in [3.8, 4) is 0 Å². The third kappa shape index (κ3) is 4.46. The predicted molar refractivity (Wildman–Crippen MR) is 79.0 cm³/mol. The lowest BCUT2D eigenvalue weighted by Crippen LogP contribution is -2.42. The lowest BCUT2D eigenvalue weighted by Gasteiger charge is -2.28. The van der Waals surface area contributed by atoms with Crippen LogP contribution >= 0.6 is 0 Å². The third-order valence-electron chi connectivity index (χ3n) is 3.58. The molecule has 0 saturated carbocycles. The van der Waals surface area contributed by atoms with Crippen LogP contribution in [-0.2, 0) is 20.9 Å². The first-order valence-corrected chi connectivity index (χ1v) is 7.05. The Kier molecular flexibility index (Phi) is 5.16. The summed E-state index contributed by atoms with van der Waals surface area (Å²) in [5.41, 5.74) is 12.5. The van der Waals surface area contributed by atoms with E-state index in [1.807, 2.05) is 12.1 Å². The molecule has 4 N–H and O–H groups in total. The molecule has 21 heavy (non-hydrogen) atoms. The Morgan fingerprint density at radius 1 is 1.19 bits per heavy atom. The van der Waals surface area contributed by atoms with Gasteiger partial charge in [-0.05, 0) is 30.5 Å². The van der Waals surface area contributed by atoms with Gasteiger partial charge in [0.1, 0.15) is 0 Å². The largest absolute Gasteiger partial charge is 0.399 e. The normalized spacial score (nSPS) is 15.6. The average molecular weight is 291 g/mol. The highest BCUT2D eigenvalue weighted by Crippen LogP contribution is 2.19.